The molecular weight excluding hydrogens is 1130 g/mol. The maximum absolute atomic E-state index is 10.7. The van der Waals surface area contributed by atoms with E-state index in [0.717, 1.165) is 32.3 Å². The second-order valence-corrected chi connectivity index (χ2v) is 31.7. The Labute approximate surface area is 555 Å². The fourth-order valence-corrected chi connectivity index (χ4v) is 4.40. The first-order valence-electron chi connectivity index (χ1n) is 33.7. The number of aliphatic hydroxyl groups excluding tert-OH is 1. The molecule has 0 aromatic rings. The second-order valence-electron chi connectivity index (χ2n) is 31.7. The van der Waals surface area contributed by atoms with Crippen molar-refractivity contribution < 1.29 is 66.8 Å². The molecule has 0 unspecified atom stereocenters. The Bertz CT molecular complexity index is 1510. The molecule has 15 heteroatoms. The van der Waals surface area contributed by atoms with Gasteiger partial charge in [0.05, 0.1) is 106 Å². The molecule has 546 valence electrons. The lowest BCUT2D eigenvalue weighted by atomic mass is 9.82. The third-order valence-corrected chi connectivity index (χ3v) is 18.0. The molecule has 0 atom stereocenters. The highest BCUT2D eigenvalue weighted by atomic mass is 16.6. The van der Waals surface area contributed by atoms with Crippen LogP contribution in [-0.2, 0) is 61.7 Å². The van der Waals surface area contributed by atoms with Crippen LogP contribution in [0.5, 0.6) is 0 Å². The average Bonchev–Trinajstić information content (AvgIpc) is 3.61. The summed E-state index contributed by atoms with van der Waals surface area (Å²) in [4.78, 5) is 21.2. The summed E-state index contributed by atoms with van der Waals surface area (Å²) in [5, 5.41) is 11.6. The summed E-state index contributed by atoms with van der Waals surface area (Å²) in [6.45, 7) is 85.6. The van der Waals surface area contributed by atoms with Crippen LogP contribution in [0.3, 0.4) is 0 Å². The van der Waals surface area contributed by atoms with Crippen LogP contribution in [0, 0.1) is 79.8 Å². The number of hydrogen-bond donors (Lipinski definition) is 2. The van der Waals surface area contributed by atoms with Gasteiger partial charge in [-0.15, -0.1) is 0 Å². The fourth-order valence-electron chi connectivity index (χ4n) is 4.40. The number of amides is 1. The fraction of sp³-hybridized carbons (Fsp3) is 0.973. The first-order chi connectivity index (χ1) is 40.2. The van der Waals surface area contributed by atoms with Gasteiger partial charge in [0.2, 0.25) is 5.91 Å². The third-order valence-electron chi connectivity index (χ3n) is 18.0. The lowest BCUT2D eigenvalue weighted by Crippen LogP contribution is -2.46. The smallest absolute Gasteiger partial charge is 0.303 e. The number of esters is 1. The number of rotatable bonds is 36. The third kappa shape index (κ3) is 70.6. The van der Waals surface area contributed by atoms with Crippen LogP contribution in [0.4, 0.5) is 0 Å². The molecule has 0 saturated heterocycles. The molecule has 0 radical (unpaired) electrons. The van der Waals surface area contributed by atoms with Crippen molar-refractivity contribution >= 4 is 11.9 Å². The number of hydrogen-bond acceptors (Lipinski definition) is 14. The zero-order valence-corrected chi connectivity index (χ0v) is 66.9. The van der Waals surface area contributed by atoms with Gasteiger partial charge in [0, 0.05) is 54.4 Å². The van der Waals surface area contributed by atoms with E-state index in [9.17, 15) is 9.59 Å². The monoisotopic (exact) mass is 1290 g/mol. The molecule has 0 aliphatic carbocycles. The van der Waals surface area contributed by atoms with Crippen molar-refractivity contribution in [2.75, 3.05) is 141 Å². The van der Waals surface area contributed by atoms with Crippen molar-refractivity contribution in [3.05, 3.63) is 0 Å². The summed E-state index contributed by atoms with van der Waals surface area (Å²) in [6.07, 6.45) is 0. The number of nitrogens with one attached hydrogen (secondary N) is 1. The topological polar surface area (TPSA) is 168 Å². The van der Waals surface area contributed by atoms with Gasteiger partial charge in [-0.05, 0) is 108 Å². The zero-order chi connectivity index (χ0) is 72.3. The van der Waals surface area contributed by atoms with E-state index in [0.29, 0.717) is 132 Å². The summed E-state index contributed by atoms with van der Waals surface area (Å²) in [6, 6.07) is 0. The Balaban J connectivity index is -0.000000143. The van der Waals surface area contributed by atoms with Crippen LogP contribution >= 0.6 is 0 Å². The minimum Gasteiger partial charge on any atom is -0.460 e. The number of aliphatic hydroxyl groups is 1. The van der Waals surface area contributed by atoms with Crippen molar-refractivity contribution in [2.24, 2.45) is 79.8 Å². The van der Waals surface area contributed by atoms with Crippen molar-refractivity contribution in [3.63, 3.8) is 0 Å². The molecule has 0 bridgehead atoms. The minimum atomic E-state index is -0.328. The van der Waals surface area contributed by atoms with Gasteiger partial charge < -0.3 is 62.5 Å². The molecule has 0 rings (SSSR count). The predicted molar refractivity (Wildman–Crippen MR) is 380 cm³/mol. The molecule has 2 N–H and O–H groups in total. The Morgan fingerprint density at radius 3 is 0.697 bits per heavy atom. The maximum Gasteiger partial charge on any atom is 0.303 e. The normalized spacial score (nSPS) is 12.4. The molecule has 1 amide bonds. The summed E-state index contributed by atoms with van der Waals surface area (Å²) < 4.78 is 57.4. The highest BCUT2D eigenvalue weighted by Crippen LogP contribution is 2.29. The first kappa shape index (κ1) is 104. The molecule has 0 saturated carbocycles. The first-order valence-corrected chi connectivity index (χ1v) is 33.7. The molecule has 0 fully saturated rings. The standard InChI is InChI=1S/C14H30O4.C12H26O3.C10H22O2.C8H17NO.C8H16O2.C8H18O.C7H16O.C7H16/c1-13(2)14(3,4)12-18-11-10-17-9-8-16-7-6-15-5;1-11(2)12(3,4)10-15-9-8-14-7-6-13-5;1-9(2)10(3,4)8-12-7-6-11-5;1-6(2)8(4,5)9-7(3)10;1-6(2)8(4,5)10-7(3)9;1-7(2)8(3,4)6-9-5;1-6(2)7(3,4)5-8;1-6(2)7(3,4)5/h13H,6-12H2,1-5H3;11H,6-10H2,1-5H3;9H,6-8H2,1-5H3;6H,1-5H3,(H,9,10);6H,1-5H3;7H,6H2,1-5H3;6,8H,5H2,1-4H3;6H,1-5H3. The van der Waals surface area contributed by atoms with Gasteiger partial charge >= 0.3 is 5.97 Å². The summed E-state index contributed by atoms with van der Waals surface area (Å²) in [7, 11) is 6.78. The second kappa shape index (κ2) is 56.8. The summed E-state index contributed by atoms with van der Waals surface area (Å²) in [5.74, 6) is 4.61. The van der Waals surface area contributed by atoms with E-state index in [-0.39, 0.29) is 51.3 Å². The highest BCUT2D eigenvalue weighted by molar-refractivity contribution is 5.73. The molecule has 0 aliphatic rings. The van der Waals surface area contributed by atoms with Crippen LogP contribution in [0.15, 0.2) is 0 Å². The average molecular weight is 1290 g/mol. The van der Waals surface area contributed by atoms with Crippen LogP contribution in [0.2, 0.25) is 0 Å². The van der Waals surface area contributed by atoms with Crippen LogP contribution in [-0.4, -0.2) is 169 Å². The largest absolute Gasteiger partial charge is 0.460 e. The van der Waals surface area contributed by atoms with Gasteiger partial charge in [-0.25, -0.2) is 0 Å². The molecule has 0 aromatic carbocycles. The summed E-state index contributed by atoms with van der Waals surface area (Å²) in [5.41, 5.74) is 1.26. The van der Waals surface area contributed by atoms with Gasteiger partial charge in [-0.1, -0.05) is 201 Å². The van der Waals surface area contributed by atoms with E-state index in [4.69, 9.17) is 57.2 Å². The maximum atomic E-state index is 10.7. The Hall–Kier alpha value is -1.50. The van der Waals surface area contributed by atoms with E-state index in [1.165, 1.54) is 6.92 Å². The number of carbonyl (C=O) groups is 2. The van der Waals surface area contributed by atoms with Gasteiger partial charge in [-0.3, -0.25) is 9.59 Å². The number of ether oxygens (including phenoxy) is 11. The predicted octanol–water partition coefficient (Wildman–Crippen LogP) is 17.3. The van der Waals surface area contributed by atoms with E-state index < -0.39 is 0 Å². The zero-order valence-electron chi connectivity index (χ0n) is 66.9. The van der Waals surface area contributed by atoms with Crippen LogP contribution in [0.25, 0.3) is 0 Å². The lowest BCUT2D eigenvalue weighted by Gasteiger charge is -2.29. The highest BCUT2D eigenvalue weighted by Gasteiger charge is 2.27. The number of methoxy groups -OCH3 is 4. The van der Waals surface area contributed by atoms with Gasteiger partial charge in [0.25, 0.3) is 0 Å². The van der Waals surface area contributed by atoms with Crippen molar-refractivity contribution in [3.8, 4) is 0 Å². The molecule has 89 heavy (non-hydrogen) atoms. The number of carbonyl (C=O) groups excluding carboxylic acids is 2. The van der Waals surface area contributed by atoms with E-state index >= 15 is 0 Å². The van der Waals surface area contributed by atoms with Crippen molar-refractivity contribution in [1.29, 1.82) is 0 Å². The van der Waals surface area contributed by atoms with Crippen molar-refractivity contribution in [2.45, 2.75) is 253 Å². The molecule has 0 heterocycles. The Morgan fingerprint density at radius 1 is 0.326 bits per heavy atom. The Morgan fingerprint density at radius 2 is 0.562 bits per heavy atom. The molecule has 0 spiro atoms. The van der Waals surface area contributed by atoms with E-state index in [1.54, 1.807) is 35.4 Å². The van der Waals surface area contributed by atoms with Crippen LogP contribution < -0.4 is 5.32 Å². The van der Waals surface area contributed by atoms with E-state index in [1.807, 2.05) is 41.5 Å². The van der Waals surface area contributed by atoms with E-state index in [2.05, 4.69) is 192 Å². The van der Waals surface area contributed by atoms with Gasteiger partial charge in [-0.2, -0.15) is 0 Å². The Kier molecular flexibility index (Phi) is 66.1. The molecule has 0 aromatic heterocycles. The quantitative estimate of drug-likeness (QED) is 0.0449. The van der Waals surface area contributed by atoms with Gasteiger partial charge in [0.15, 0.2) is 0 Å². The van der Waals surface area contributed by atoms with Gasteiger partial charge in [0.1, 0.15) is 5.60 Å². The lowest BCUT2D eigenvalue weighted by molar-refractivity contribution is -0.157. The minimum absolute atomic E-state index is 0.0405. The SMILES string of the molecule is CC(=O)NC(C)(C)C(C)C.CC(=O)OC(C)(C)C(C)C.CC(C)C(C)(C)C.CC(C)C(C)(C)CO.COCC(C)(C)C(C)C.COCCOCC(C)(C)C(C)C.COCCOCCOCC(C)(C)C(C)C.COCCOCCOCCOCC(C)(C)C(C)C. The molecular formula is C74H161NO14. The summed E-state index contributed by atoms with van der Waals surface area (Å²) >= 11 is 0. The van der Waals surface area contributed by atoms with Crippen molar-refractivity contribution in [1.82, 2.24) is 5.32 Å². The molecule has 15 nitrogen and oxygen atoms in total. The molecule has 0 aliphatic heterocycles. The van der Waals surface area contributed by atoms with Crippen LogP contribution in [0.1, 0.15) is 242 Å².